The van der Waals surface area contributed by atoms with Crippen LogP contribution in [0.4, 0.5) is 17.1 Å². The molecule has 6 rings (SSSR count). The Morgan fingerprint density at radius 3 is 2.49 bits per heavy atom. The number of anilines is 3. The van der Waals surface area contributed by atoms with Crippen molar-refractivity contribution in [2.75, 3.05) is 28.4 Å². The van der Waals surface area contributed by atoms with Crippen LogP contribution < -0.4 is 20.5 Å². The quantitative estimate of drug-likeness (QED) is 0.0976. The van der Waals surface area contributed by atoms with Crippen LogP contribution in [0.2, 0.25) is 0 Å². The van der Waals surface area contributed by atoms with Crippen molar-refractivity contribution < 1.29 is 28.5 Å². The van der Waals surface area contributed by atoms with E-state index in [0.717, 1.165) is 5.56 Å². The number of alkyl halides is 1. The van der Waals surface area contributed by atoms with Crippen LogP contribution in [-0.2, 0) is 4.57 Å². The molecule has 208 valence electrons. The third-order valence-corrected chi connectivity index (χ3v) is 7.87. The number of aromatic nitrogens is 1. The molecule has 12 heteroatoms. The zero-order chi connectivity index (χ0) is 28.9. The fourth-order valence-corrected chi connectivity index (χ4v) is 5.90. The minimum absolute atomic E-state index is 0.0289. The summed E-state index contributed by atoms with van der Waals surface area (Å²) in [7, 11) is -4.87. The van der Waals surface area contributed by atoms with E-state index in [1.165, 1.54) is 11.0 Å². The van der Waals surface area contributed by atoms with Crippen LogP contribution in [0.15, 0.2) is 78.9 Å². The van der Waals surface area contributed by atoms with E-state index in [2.05, 4.69) is 10.3 Å². The van der Waals surface area contributed by atoms with Crippen molar-refractivity contribution in [2.24, 2.45) is 0 Å². The number of phosphoric ester groups is 1. The fraction of sp³-hybridized carbons (Fsp3) is 0.103. The van der Waals surface area contributed by atoms with Crippen LogP contribution in [0.25, 0.3) is 21.7 Å². The van der Waals surface area contributed by atoms with E-state index in [0.29, 0.717) is 50.0 Å². The van der Waals surface area contributed by atoms with Gasteiger partial charge in [-0.3, -0.25) is 19.4 Å². The van der Waals surface area contributed by atoms with Crippen LogP contribution >= 0.6 is 19.4 Å². The van der Waals surface area contributed by atoms with Gasteiger partial charge in [0.05, 0.1) is 5.69 Å². The van der Waals surface area contributed by atoms with Crippen molar-refractivity contribution in [3.05, 3.63) is 95.7 Å². The lowest BCUT2D eigenvalue weighted by molar-refractivity contribution is 0.0983. The first kappa shape index (κ1) is 26.9. The van der Waals surface area contributed by atoms with Gasteiger partial charge in [0.15, 0.2) is 0 Å². The average molecular weight is 591 g/mol. The molecule has 5 aromatic rings. The number of carbonyl (C=O) groups is 2. The number of nitrogen functional groups attached to an aromatic ring is 1. The Bertz CT molecular complexity index is 1880. The van der Waals surface area contributed by atoms with Crippen LogP contribution in [0.3, 0.4) is 0 Å². The third kappa shape index (κ3) is 5.14. The van der Waals surface area contributed by atoms with E-state index in [1.54, 1.807) is 66.7 Å². The number of halogens is 1. The lowest BCUT2D eigenvalue weighted by atomic mass is 9.95. The van der Waals surface area contributed by atoms with E-state index in [4.69, 9.17) is 21.9 Å². The molecule has 0 bridgehead atoms. The number of aromatic amines is 1. The normalized spacial score (nSPS) is 14.8. The number of fused-ring (bicyclic) bond motifs is 4. The summed E-state index contributed by atoms with van der Waals surface area (Å²) in [6, 6.07) is 22.1. The zero-order valence-electron chi connectivity index (χ0n) is 21.4. The summed E-state index contributed by atoms with van der Waals surface area (Å²) >= 11 is 6.33. The number of H-pyrrole nitrogens is 1. The van der Waals surface area contributed by atoms with Gasteiger partial charge in [0.2, 0.25) is 0 Å². The number of hydrogen-bond donors (Lipinski definition) is 5. The Morgan fingerprint density at radius 1 is 1.05 bits per heavy atom. The van der Waals surface area contributed by atoms with E-state index in [9.17, 15) is 23.9 Å². The van der Waals surface area contributed by atoms with E-state index < -0.39 is 7.82 Å². The maximum atomic E-state index is 13.8. The number of phosphoric acid groups is 1. The van der Waals surface area contributed by atoms with Gasteiger partial charge in [-0.25, -0.2) is 4.57 Å². The first-order chi connectivity index (χ1) is 19.6. The molecular weight excluding hydrogens is 567 g/mol. The summed E-state index contributed by atoms with van der Waals surface area (Å²) in [4.78, 5) is 50.2. The van der Waals surface area contributed by atoms with Crippen LogP contribution in [0.1, 0.15) is 32.3 Å². The van der Waals surface area contributed by atoms with Gasteiger partial charge in [-0.1, -0.05) is 24.3 Å². The number of benzene rings is 4. The van der Waals surface area contributed by atoms with Crippen molar-refractivity contribution in [1.82, 2.24) is 4.98 Å². The first-order valence-electron chi connectivity index (χ1n) is 12.6. The molecule has 1 aliphatic rings. The molecule has 6 N–H and O–H groups in total. The van der Waals surface area contributed by atoms with Crippen molar-refractivity contribution in [3.63, 3.8) is 0 Å². The number of nitrogens with one attached hydrogen (secondary N) is 2. The maximum Gasteiger partial charge on any atom is 0.524 e. The molecule has 0 aliphatic carbocycles. The van der Waals surface area contributed by atoms with E-state index in [-0.39, 0.29) is 35.9 Å². The summed E-state index contributed by atoms with van der Waals surface area (Å²) in [5, 5.41) is 4.77. The van der Waals surface area contributed by atoms with Crippen molar-refractivity contribution >= 4 is 70.0 Å². The highest BCUT2D eigenvalue weighted by molar-refractivity contribution is 7.46. The van der Waals surface area contributed by atoms with Gasteiger partial charge in [0.1, 0.15) is 11.4 Å². The molecular formula is C29H24ClN4O6P. The van der Waals surface area contributed by atoms with Crippen LogP contribution in [0.5, 0.6) is 5.75 Å². The third-order valence-electron chi connectivity index (χ3n) is 7.06. The second-order valence-electron chi connectivity index (χ2n) is 9.76. The fourth-order valence-electron chi connectivity index (χ4n) is 5.24. The molecule has 4 aromatic carbocycles. The van der Waals surface area contributed by atoms with Gasteiger partial charge in [-0.2, -0.15) is 0 Å². The first-order valence-corrected chi connectivity index (χ1v) is 14.7. The van der Waals surface area contributed by atoms with Crippen molar-refractivity contribution in [2.45, 2.75) is 5.92 Å². The lowest BCUT2D eigenvalue weighted by Gasteiger charge is -2.19. The average Bonchev–Trinajstić information content (AvgIpc) is 3.53. The number of nitrogens with two attached hydrogens (primary N) is 1. The molecule has 1 unspecified atom stereocenters. The summed E-state index contributed by atoms with van der Waals surface area (Å²) in [6.45, 7) is 0.277. The Balaban J connectivity index is 1.34. The number of amides is 2. The van der Waals surface area contributed by atoms with Crippen molar-refractivity contribution in [1.29, 1.82) is 0 Å². The molecule has 1 aliphatic heterocycles. The summed E-state index contributed by atoms with van der Waals surface area (Å²) in [5.74, 6) is -0.635. The second kappa shape index (κ2) is 10.2. The molecule has 0 spiro atoms. The highest BCUT2D eigenvalue weighted by atomic mass is 35.5. The SMILES string of the molecule is Nc1ccc(C(=O)Nc2ccc3[nH]c(C(=O)N4CC(CCl)c5c4cc(OP(=O)(O)O)c4ccccc54)cc3c2)cc1. The number of nitrogens with zero attached hydrogens (tertiary/aromatic N) is 1. The highest BCUT2D eigenvalue weighted by Gasteiger charge is 2.36. The summed E-state index contributed by atoms with van der Waals surface area (Å²) in [6.07, 6.45) is 0. The van der Waals surface area contributed by atoms with Gasteiger partial charge >= 0.3 is 7.82 Å². The topological polar surface area (TPSA) is 158 Å². The van der Waals surface area contributed by atoms with E-state index in [1.807, 2.05) is 6.07 Å². The monoisotopic (exact) mass is 590 g/mol. The Kier molecular flexibility index (Phi) is 6.71. The van der Waals surface area contributed by atoms with Crippen LogP contribution in [0, 0.1) is 0 Å². The predicted molar refractivity (Wildman–Crippen MR) is 159 cm³/mol. The van der Waals surface area contributed by atoms with Gasteiger partial charge in [-0.05, 0) is 59.5 Å². The molecule has 0 radical (unpaired) electrons. The molecule has 1 aromatic heterocycles. The molecule has 0 fully saturated rings. The molecule has 0 saturated carbocycles. The minimum Gasteiger partial charge on any atom is -0.404 e. The Hall–Kier alpha value is -4.34. The lowest BCUT2D eigenvalue weighted by Crippen LogP contribution is -2.30. The van der Waals surface area contributed by atoms with Crippen molar-refractivity contribution in [3.8, 4) is 5.75 Å². The van der Waals surface area contributed by atoms with Gasteiger partial charge in [-0.15, -0.1) is 11.6 Å². The molecule has 41 heavy (non-hydrogen) atoms. The molecule has 2 heterocycles. The number of hydrogen-bond acceptors (Lipinski definition) is 5. The van der Waals surface area contributed by atoms with Gasteiger partial charge < -0.3 is 25.5 Å². The Morgan fingerprint density at radius 2 is 1.78 bits per heavy atom. The minimum atomic E-state index is -4.87. The standard InChI is InChI=1S/C29H24ClN4O6P/c30-14-18-15-34(25-13-26(40-41(37,38)39)21-3-1-2-4-22(21)27(18)25)29(36)24-12-17-11-20(9-10-23(17)33-24)32-28(35)16-5-7-19(31)8-6-16/h1-13,18,33H,14-15,31H2,(H,32,35)(H2,37,38,39). The van der Waals surface area contributed by atoms with Crippen LogP contribution in [-0.4, -0.2) is 39.0 Å². The molecule has 2 amide bonds. The molecule has 10 nitrogen and oxygen atoms in total. The number of carbonyl (C=O) groups excluding carboxylic acids is 2. The van der Waals surface area contributed by atoms with Gasteiger partial charge in [0.25, 0.3) is 11.8 Å². The zero-order valence-corrected chi connectivity index (χ0v) is 23.0. The highest BCUT2D eigenvalue weighted by Crippen LogP contribution is 2.49. The summed E-state index contributed by atoms with van der Waals surface area (Å²) < 4.78 is 16.7. The predicted octanol–water partition coefficient (Wildman–Crippen LogP) is 5.61. The second-order valence-corrected chi connectivity index (χ2v) is 11.2. The maximum absolute atomic E-state index is 13.8. The Labute approximate surface area is 238 Å². The smallest absolute Gasteiger partial charge is 0.404 e. The van der Waals surface area contributed by atoms with E-state index >= 15 is 0 Å². The molecule has 1 atom stereocenters. The molecule has 0 saturated heterocycles. The van der Waals surface area contributed by atoms with Gasteiger partial charge in [0, 0.05) is 57.6 Å². The largest absolute Gasteiger partial charge is 0.524 e. The summed E-state index contributed by atoms with van der Waals surface area (Å²) in [5.41, 5.74) is 9.54. The number of rotatable bonds is 6.